The Labute approximate surface area is 78.8 Å². The number of nitrogens with one attached hydrogen (secondary N) is 1. The highest BCUT2D eigenvalue weighted by Gasteiger charge is 2.32. The smallest absolute Gasteiger partial charge is 0.249 e. The first-order valence-corrected chi connectivity index (χ1v) is 4.88. The molecule has 0 radical (unpaired) electrons. The van der Waals surface area contributed by atoms with Gasteiger partial charge >= 0.3 is 0 Å². The van der Waals surface area contributed by atoms with E-state index in [0.29, 0.717) is 6.42 Å². The third-order valence-corrected chi connectivity index (χ3v) is 2.37. The summed E-state index contributed by atoms with van der Waals surface area (Å²) in [4.78, 5) is 11.3. The van der Waals surface area contributed by atoms with Gasteiger partial charge < -0.3 is 10.4 Å². The van der Waals surface area contributed by atoms with E-state index in [9.17, 15) is 9.90 Å². The lowest BCUT2D eigenvalue weighted by Crippen LogP contribution is -2.41. The van der Waals surface area contributed by atoms with Gasteiger partial charge in [-0.25, -0.2) is 0 Å². The molecule has 3 heteroatoms. The molecule has 1 heterocycles. The maximum atomic E-state index is 11.3. The van der Waals surface area contributed by atoms with E-state index in [2.05, 4.69) is 12.2 Å². The molecule has 74 valence electrons. The molecule has 1 aliphatic rings. The Balaban J connectivity index is 2.63. The first kappa shape index (κ1) is 10.3. The van der Waals surface area contributed by atoms with Crippen LogP contribution in [0.15, 0.2) is 11.6 Å². The number of hydrogen-bond donors (Lipinski definition) is 2. The Bertz CT molecular complexity index is 235. The van der Waals surface area contributed by atoms with Gasteiger partial charge in [0.15, 0.2) is 5.72 Å². The van der Waals surface area contributed by atoms with Crippen LogP contribution in [0.3, 0.4) is 0 Å². The third-order valence-electron chi connectivity index (χ3n) is 2.37. The van der Waals surface area contributed by atoms with Crippen molar-refractivity contribution in [2.75, 3.05) is 0 Å². The first-order chi connectivity index (χ1) is 6.11. The molecule has 2 N–H and O–H groups in total. The molecule has 0 spiro atoms. The maximum absolute atomic E-state index is 11.3. The second kappa shape index (κ2) is 3.92. The molecule has 1 amide bonds. The van der Waals surface area contributed by atoms with E-state index in [0.717, 1.165) is 24.8 Å². The topological polar surface area (TPSA) is 49.3 Å². The van der Waals surface area contributed by atoms with Crippen molar-refractivity contribution in [1.29, 1.82) is 0 Å². The van der Waals surface area contributed by atoms with Crippen molar-refractivity contribution in [2.24, 2.45) is 0 Å². The number of amides is 1. The quantitative estimate of drug-likeness (QED) is 0.690. The molecule has 1 rings (SSSR count). The van der Waals surface area contributed by atoms with Gasteiger partial charge in [0.2, 0.25) is 5.91 Å². The van der Waals surface area contributed by atoms with Gasteiger partial charge in [-0.15, -0.1) is 0 Å². The summed E-state index contributed by atoms with van der Waals surface area (Å²) in [5.41, 5.74) is -0.355. The summed E-state index contributed by atoms with van der Waals surface area (Å²) in [6.45, 7) is 3.93. The fourth-order valence-electron chi connectivity index (χ4n) is 1.41. The molecule has 0 aromatic carbocycles. The van der Waals surface area contributed by atoms with Crippen molar-refractivity contribution in [2.45, 2.75) is 45.3 Å². The molecule has 1 unspecified atom stereocenters. The summed E-state index contributed by atoms with van der Waals surface area (Å²) in [5.74, 6) is -0.113. The van der Waals surface area contributed by atoms with Gasteiger partial charge in [0.1, 0.15) is 0 Å². The Morgan fingerprint density at radius 2 is 2.23 bits per heavy atom. The fourth-order valence-corrected chi connectivity index (χ4v) is 1.41. The largest absolute Gasteiger partial charge is 0.367 e. The zero-order valence-electron chi connectivity index (χ0n) is 8.26. The van der Waals surface area contributed by atoms with Gasteiger partial charge in [0.05, 0.1) is 0 Å². The molecular formula is C10H17NO2. The summed E-state index contributed by atoms with van der Waals surface area (Å²) < 4.78 is 0. The zero-order chi connectivity index (χ0) is 9.90. The van der Waals surface area contributed by atoms with Crippen LogP contribution in [0.5, 0.6) is 0 Å². The van der Waals surface area contributed by atoms with Crippen molar-refractivity contribution in [3.63, 3.8) is 0 Å². The molecule has 13 heavy (non-hydrogen) atoms. The molecule has 0 aromatic heterocycles. The third kappa shape index (κ3) is 2.31. The normalized spacial score (nSPS) is 27.3. The summed E-state index contributed by atoms with van der Waals surface area (Å²) in [6, 6.07) is 0. The number of rotatable bonds is 4. The van der Waals surface area contributed by atoms with Gasteiger partial charge in [-0.2, -0.15) is 0 Å². The fraction of sp³-hybridized carbons (Fsp3) is 0.700. The molecule has 1 aliphatic heterocycles. The van der Waals surface area contributed by atoms with Gasteiger partial charge in [0, 0.05) is 5.57 Å². The van der Waals surface area contributed by atoms with Gasteiger partial charge in [0.25, 0.3) is 0 Å². The van der Waals surface area contributed by atoms with Crippen LogP contribution in [0.2, 0.25) is 0 Å². The predicted molar refractivity (Wildman–Crippen MR) is 51.0 cm³/mol. The van der Waals surface area contributed by atoms with Gasteiger partial charge in [-0.3, -0.25) is 4.79 Å². The lowest BCUT2D eigenvalue weighted by molar-refractivity contribution is -0.120. The Hall–Kier alpha value is -0.830. The monoisotopic (exact) mass is 183 g/mol. The van der Waals surface area contributed by atoms with E-state index in [-0.39, 0.29) is 5.91 Å². The van der Waals surface area contributed by atoms with Crippen LogP contribution in [-0.2, 0) is 4.79 Å². The molecular weight excluding hydrogens is 166 g/mol. The Morgan fingerprint density at radius 1 is 1.54 bits per heavy atom. The van der Waals surface area contributed by atoms with Gasteiger partial charge in [-0.05, 0) is 25.3 Å². The zero-order valence-corrected chi connectivity index (χ0v) is 8.26. The van der Waals surface area contributed by atoms with Crippen LogP contribution in [0.25, 0.3) is 0 Å². The summed E-state index contributed by atoms with van der Waals surface area (Å²) in [5, 5.41) is 12.3. The SMILES string of the molecule is CCCCC1=CC(O)(CC)NC1=O. The van der Waals surface area contributed by atoms with Crippen molar-refractivity contribution in [3.05, 3.63) is 11.6 Å². The highest BCUT2D eigenvalue weighted by molar-refractivity contribution is 5.96. The standard InChI is InChI=1S/C10H17NO2/c1-3-5-6-8-7-10(13,4-2)11-9(8)12/h7,13H,3-6H2,1-2H3,(H,11,12). The average molecular weight is 183 g/mol. The minimum absolute atomic E-state index is 0.113. The average Bonchev–Trinajstić information content (AvgIpc) is 2.39. The van der Waals surface area contributed by atoms with Crippen LogP contribution < -0.4 is 5.32 Å². The van der Waals surface area contributed by atoms with E-state index >= 15 is 0 Å². The lowest BCUT2D eigenvalue weighted by atomic mass is 10.1. The number of carbonyl (C=O) groups is 1. The predicted octanol–water partition coefficient (Wildman–Crippen LogP) is 1.33. The summed E-state index contributed by atoms with van der Waals surface area (Å²) in [6.07, 6.45) is 5.01. The van der Waals surface area contributed by atoms with Crippen molar-refractivity contribution in [3.8, 4) is 0 Å². The number of unbranched alkanes of at least 4 members (excludes halogenated alkanes) is 1. The molecule has 0 saturated heterocycles. The van der Waals surface area contributed by atoms with Crippen LogP contribution in [0.1, 0.15) is 39.5 Å². The van der Waals surface area contributed by atoms with E-state index in [1.165, 1.54) is 0 Å². The molecule has 3 nitrogen and oxygen atoms in total. The maximum Gasteiger partial charge on any atom is 0.249 e. The highest BCUT2D eigenvalue weighted by atomic mass is 16.3. The highest BCUT2D eigenvalue weighted by Crippen LogP contribution is 2.21. The van der Waals surface area contributed by atoms with Crippen LogP contribution in [0.4, 0.5) is 0 Å². The molecule has 0 aliphatic carbocycles. The Morgan fingerprint density at radius 3 is 2.69 bits per heavy atom. The van der Waals surface area contributed by atoms with Crippen LogP contribution >= 0.6 is 0 Å². The van der Waals surface area contributed by atoms with Crippen LogP contribution in [-0.4, -0.2) is 16.7 Å². The molecule has 0 fully saturated rings. The van der Waals surface area contributed by atoms with Crippen LogP contribution in [0, 0.1) is 0 Å². The molecule has 0 aromatic rings. The van der Waals surface area contributed by atoms with Crippen molar-refractivity contribution >= 4 is 5.91 Å². The first-order valence-electron chi connectivity index (χ1n) is 4.88. The summed E-state index contributed by atoms with van der Waals surface area (Å²) >= 11 is 0. The molecule has 0 bridgehead atoms. The minimum Gasteiger partial charge on any atom is -0.367 e. The van der Waals surface area contributed by atoms with E-state index < -0.39 is 5.72 Å². The van der Waals surface area contributed by atoms with E-state index in [4.69, 9.17) is 0 Å². The van der Waals surface area contributed by atoms with Gasteiger partial charge in [-0.1, -0.05) is 20.3 Å². The second-order valence-electron chi connectivity index (χ2n) is 3.51. The van der Waals surface area contributed by atoms with E-state index in [1.54, 1.807) is 6.08 Å². The molecule has 0 saturated carbocycles. The number of hydrogen-bond acceptors (Lipinski definition) is 2. The second-order valence-corrected chi connectivity index (χ2v) is 3.51. The van der Waals surface area contributed by atoms with Crippen molar-refractivity contribution < 1.29 is 9.90 Å². The Kier molecular flexibility index (Phi) is 3.09. The minimum atomic E-state index is -1.08. The summed E-state index contributed by atoms with van der Waals surface area (Å²) in [7, 11) is 0. The molecule has 1 atom stereocenters. The number of carbonyl (C=O) groups excluding carboxylic acids is 1. The number of aliphatic hydroxyl groups is 1. The van der Waals surface area contributed by atoms with Crippen molar-refractivity contribution in [1.82, 2.24) is 5.32 Å². The van der Waals surface area contributed by atoms with E-state index in [1.807, 2.05) is 6.92 Å². The lowest BCUT2D eigenvalue weighted by Gasteiger charge is -2.17.